The molecule has 0 spiro atoms. The van der Waals surface area contributed by atoms with E-state index < -0.39 is 38.9 Å². The van der Waals surface area contributed by atoms with Crippen molar-refractivity contribution in [3.05, 3.63) is 50.6 Å². The first-order valence-corrected chi connectivity index (χ1v) is 4.94. The van der Waals surface area contributed by atoms with Crippen molar-refractivity contribution in [2.24, 2.45) is 0 Å². The third-order valence-corrected chi connectivity index (χ3v) is 2.64. The van der Waals surface area contributed by atoms with Crippen LogP contribution in [0.1, 0.15) is 20.7 Å². The van der Waals surface area contributed by atoms with Crippen LogP contribution >= 0.6 is 0 Å². The first-order valence-electron chi connectivity index (χ1n) is 4.94. The molecule has 0 amide bonds. The topological polar surface area (TPSA) is 125 Å². The van der Waals surface area contributed by atoms with Crippen molar-refractivity contribution in [1.29, 1.82) is 10.5 Å². The Morgan fingerprint density at radius 2 is 1.63 bits per heavy atom. The summed E-state index contributed by atoms with van der Waals surface area (Å²) >= 11 is 0. The molecule has 0 unspecified atom stereocenters. The molecule has 1 aliphatic carbocycles. The Balaban J connectivity index is 2.87. The number of ketones is 2. The van der Waals surface area contributed by atoms with Crippen LogP contribution in [0.4, 0.5) is 5.69 Å². The van der Waals surface area contributed by atoms with Gasteiger partial charge < -0.3 is 0 Å². The van der Waals surface area contributed by atoms with Gasteiger partial charge in [0.05, 0.1) is 4.92 Å². The number of carbonyl (C=O) groups is 2. The molecular weight excluding hydrogens is 250 g/mol. The van der Waals surface area contributed by atoms with Crippen molar-refractivity contribution in [1.82, 2.24) is 0 Å². The van der Waals surface area contributed by atoms with Crippen LogP contribution < -0.4 is 0 Å². The zero-order valence-electron chi connectivity index (χ0n) is 9.21. The lowest BCUT2D eigenvalue weighted by atomic mass is 9.84. The van der Waals surface area contributed by atoms with Crippen molar-refractivity contribution < 1.29 is 14.5 Å². The van der Waals surface area contributed by atoms with Gasteiger partial charge in [0.2, 0.25) is 11.6 Å². The Morgan fingerprint density at radius 3 is 2.16 bits per heavy atom. The Morgan fingerprint density at radius 1 is 1.05 bits per heavy atom. The second-order valence-corrected chi connectivity index (χ2v) is 3.59. The number of nitrogens with zero attached hydrogens (tertiary/aromatic N) is 3. The van der Waals surface area contributed by atoms with Crippen LogP contribution in [0.25, 0.3) is 0 Å². The molecule has 0 saturated carbocycles. The molecule has 0 radical (unpaired) electrons. The summed E-state index contributed by atoms with van der Waals surface area (Å²) < 4.78 is 0. The fourth-order valence-electron chi connectivity index (χ4n) is 1.82. The van der Waals surface area contributed by atoms with Crippen LogP contribution in [0, 0.1) is 32.8 Å². The summed E-state index contributed by atoms with van der Waals surface area (Å²) in [6.07, 6.45) is 0. The summed E-state index contributed by atoms with van der Waals surface area (Å²) in [6.45, 7) is 0. The smallest absolute Gasteiger partial charge is 0.281 e. The number of allylic oxidation sites excluding steroid dienone is 2. The summed E-state index contributed by atoms with van der Waals surface area (Å²) in [7, 11) is 0. The predicted octanol–water partition coefficient (Wildman–Crippen LogP) is 1.32. The van der Waals surface area contributed by atoms with Crippen molar-refractivity contribution in [3.8, 4) is 12.1 Å². The number of nitriles is 2. The number of carbonyl (C=O) groups excluding carboxylic acids is 2. The minimum atomic E-state index is -0.971. The number of benzene rings is 1. The van der Waals surface area contributed by atoms with Gasteiger partial charge in [-0.1, -0.05) is 6.07 Å². The van der Waals surface area contributed by atoms with Gasteiger partial charge >= 0.3 is 0 Å². The van der Waals surface area contributed by atoms with Gasteiger partial charge in [-0.05, 0) is 6.07 Å². The summed E-state index contributed by atoms with van der Waals surface area (Å²) in [5.74, 6) is -1.82. The summed E-state index contributed by atoms with van der Waals surface area (Å²) in [6, 6.07) is 6.47. The molecule has 2 rings (SSSR count). The highest BCUT2D eigenvalue weighted by atomic mass is 16.6. The van der Waals surface area contributed by atoms with Crippen molar-refractivity contribution in [3.63, 3.8) is 0 Å². The molecular formula is C12H3N3O4. The largest absolute Gasteiger partial charge is 0.288 e. The molecule has 0 heterocycles. The van der Waals surface area contributed by atoms with E-state index in [0.29, 0.717) is 0 Å². The fourth-order valence-corrected chi connectivity index (χ4v) is 1.82. The molecule has 0 aliphatic heterocycles. The number of rotatable bonds is 1. The van der Waals surface area contributed by atoms with E-state index in [9.17, 15) is 19.7 Å². The third-order valence-electron chi connectivity index (χ3n) is 2.64. The highest BCUT2D eigenvalue weighted by Crippen LogP contribution is 2.31. The lowest BCUT2D eigenvalue weighted by Gasteiger charge is -2.13. The standard InChI is InChI=1S/C12H3N3O4/c13-4-7-8(5-14)12(17)10-6(11(7)16)2-1-3-9(10)15(18)19/h1-3H. The van der Waals surface area contributed by atoms with Crippen molar-refractivity contribution in [2.45, 2.75) is 0 Å². The van der Waals surface area contributed by atoms with Gasteiger partial charge in [0.25, 0.3) is 5.69 Å². The number of Topliss-reactive ketones (excluding diaryl/α,β-unsaturated/α-hetero) is 2. The number of nitro benzene ring substituents is 1. The molecule has 1 aromatic rings. The normalized spacial score (nSPS) is 13.6. The lowest BCUT2D eigenvalue weighted by molar-refractivity contribution is -0.385. The van der Waals surface area contributed by atoms with Gasteiger partial charge in [0.15, 0.2) is 0 Å². The molecule has 0 bridgehead atoms. The quantitative estimate of drug-likeness (QED) is 0.548. The molecule has 0 aromatic heterocycles. The third kappa shape index (κ3) is 1.58. The molecule has 7 nitrogen and oxygen atoms in total. The minimum Gasteiger partial charge on any atom is -0.288 e. The highest BCUT2D eigenvalue weighted by Gasteiger charge is 2.37. The second kappa shape index (κ2) is 4.17. The first kappa shape index (κ1) is 12.1. The van der Waals surface area contributed by atoms with E-state index in [-0.39, 0.29) is 5.56 Å². The zero-order valence-corrected chi connectivity index (χ0v) is 9.21. The zero-order chi connectivity index (χ0) is 14.2. The van der Waals surface area contributed by atoms with Gasteiger partial charge in [-0.25, -0.2) is 0 Å². The highest BCUT2D eigenvalue weighted by molar-refractivity contribution is 6.31. The fraction of sp³-hybridized carbons (Fsp3) is 0. The van der Waals surface area contributed by atoms with Crippen LogP contribution in [0.3, 0.4) is 0 Å². The van der Waals surface area contributed by atoms with Gasteiger partial charge in [-0.2, -0.15) is 10.5 Å². The first-order chi connectivity index (χ1) is 9.02. The molecule has 1 aliphatic rings. The molecule has 0 N–H and O–H groups in total. The van der Waals surface area contributed by atoms with Gasteiger partial charge in [-0.3, -0.25) is 19.7 Å². The number of hydrogen-bond acceptors (Lipinski definition) is 6. The Bertz CT molecular complexity index is 762. The van der Waals surface area contributed by atoms with E-state index in [0.717, 1.165) is 6.07 Å². The average molecular weight is 253 g/mol. The summed E-state index contributed by atoms with van der Waals surface area (Å²) in [4.78, 5) is 34.0. The van der Waals surface area contributed by atoms with E-state index in [1.165, 1.54) is 24.3 Å². The second-order valence-electron chi connectivity index (χ2n) is 3.59. The molecule has 7 heteroatoms. The van der Waals surface area contributed by atoms with Crippen molar-refractivity contribution >= 4 is 17.3 Å². The maximum Gasteiger partial charge on any atom is 0.281 e. The van der Waals surface area contributed by atoms with Crippen LogP contribution in [0.2, 0.25) is 0 Å². The lowest BCUT2D eigenvalue weighted by Crippen LogP contribution is -2.22. The van der Waals surface area contributed by atoms with Gasteiger partial charge in [0, 0.05) is 11.6 Å². The van der Waals surface area contributed by atoms with E-state index in [2.05, 4.69) is 0 Å². The van der Waals surface area contributed by atoms with E-state index >= 15 is 0 Å². The predicted molar refractivity (Wildman–Crippen MR) is 60.0 cm³/mol. The van der Waals surface area contributed by atoms with Crippen LogP contribution in [-0.2, 0) is 0 Å². The number of fused-ring (bicyclic) bond motifs is 1. The molecule has 0 saturated heterocycles. The number of hydrogen-bond donors (Lipinski definition) is 0. The van der Waals surface area contributed by atoms with Crippen LogP contribution in [-0.4, -0.2) is 16.5 Å². The number of nitro groups is 1. The maximum atomic E-state index is 12.0. The SMILES string of the molecule is N#CC1=C(C#N)C(=O)c2c(cccc2[N+](=O)[O-])C1=O. The summed E-state index contributed by atoms with van der Waals surface area (Å²) in [5.41, 5.74) is -2.46. The van der Waals surface area contributed by atoms with Crippen molar-refractivity contribution in [2.75, 3.05) is 0 Å². The molecule has 19 heavy (non-hydrogen) atoms. The average Bonchev–Trinajstić information content (AvgIpc) is 2.41. The molecule has 1 aromatic carbocycles. The molecule has 90 valence electrons. The van der Waals surface area contributed by atoms with Crippen LogP contribution in [0.15, 0.2) is 29.3 Å². The van der Waals surface area contributed by atoms with Gasteiger partial charge in [0.1, 0.15) is 28.8 Å². The Labute approximate surface area is 106 Å². The Hall–Kier alpha value is -3.32. The Kier molecular flexibility index (Phi) is 2.66. The minimum absolute atomic E-state index is 0.227. The summed E-state index contributed by atoms with van der Waals surface area (Å²) in [5, 5.41) is 28.5. The van der Waals surface area contributed by atoms with Crippen LogP contribution in [0.5, 0.6) is 0 Å². The van der Waals surface area contributed by atoms with E-state index in [4.69, 9.17) is 10.5 Å². The van der Waals surface area contributed by atoms with E-state index in [1.807, 2.05) is 0 Å². The monoisotopic (exact) mass is 253 g/mol. The maximum absolute atomic E-state index is 12.0. The molecule has 0 atom stereocenters. The van der Waals surface area contributed by atoms with E-state index in [1.54, 1.807) is 0 Å². The van der Waals surface area contributed by atoms with Gasteiger partial charge in [-0.15, -0.1) is 0 Å². The molecule has 0 fully saturated rings.